The van der Waals surface area contributed by atoms with Gasteiger partial charge >= 0.3 is 0 Å². The van der Waals surface area contributed by atoms with Gasteiger partial charge in [0.05, 0.1) is 0 Å². The Balaban J connectivity index is 0.959. The molecule has 0 aliphatic carbocycles. The largest absolute Gasteiger partial charge is 0.311 e. The van der Waals surface area contributed by atoms with Crippen LogP contribution < -0.4 is 4.90 Å². The Labute approximate surface area is 357 Å². The molecular formula is C60H41N. The molecule has 11 rings (SSSR count). The van der Waals surface area contributed by atoms with Gasteiger partial charge in [-0.15, -0.1) is 0 Å². The van der Waals surface area contributed by atoms with E-state index in [-0.39, 0.29) is 0 Å². The Morgan fingerprint density at radius 3 is 1.08 bits per heavy atom. The number of hydrogen-bond acceptors (Lipinski definition) is 1. The first-order valence-corrected chi connectivity index (χ1v) is 21.0. The Morgan fingerprint density at radius 1 is 0.213 bits per heavy atom. The summed E-state index contributed by atoms with van der Waals surface area (Å²) < 4.78 is 0. The summed E-state index contributed by atoms with van der Waals surface area (Å²) in [4.78, 5) is 2.36. The molecule has 0 heterocycles. The average molecular weight is 776 g/mol. The molecule has 0 saturated carbocycles. The molecule has 0 N–H and O–H groups in total. The number of nitrogens with zero attached hydrogens (tertiary/aromatic N) is 1. The Bertz CT molecular complexity index is 3310. The van der Waals surface area contributed by atoms with Crippen LogP contribution in [0.4, 0.5) is 17.1 Å². The van der Waals surface area contributed by atoms with Crippen LogP contribution in [0.15, 0.2) is 249 Å². The predicted molar refractivity (Wildman–Crippen MR) is 261 cm³/mol. The Kier molecular flexibility index (Phi) is 9.26. The number of anilines is 3. The van der Waals surface area contributed by atoms with Gasteiger partial charge in [-0.1, -0.05) is 200 Å². The minimum Gasteiger partial charge on any atom is -0.311 e. The molecule has 61 heavy (non-hydrogen) atoms. The van der Waals surface area contributed by atoms with Gasteiger partial charge in [-0.3, -0.25) is 0 Å². The van der Waals surface area contributed by atoms with E-state index in [9.17, 15) is 0 Å². The maximum atomic E-state index is 2.36. The normalized spacial score (nSPS) is 11.3. The summed E-state index contributed by atoms with van der Waals surface area (Å²) in [5, 5.41) is 7.50. The second-order valence-electron chi connectivity index (χ2n) is 15.8. The molecule has 11 aromatic rings. The monoisotopic (exact) mass is 775 g/mol. The van der Waals surface area contributed by atoms with Crippen LogP contribution in [0.25, 0.3) is 88.0 Å². The first-order chi connectivity index (χ1) is 30.2. The van der Waals surface area contributed by atoms with Crippen molar-refractivity contribution in [2.75, 3.05) is 4.90 Å². The van der Waals surface area contributed by atoms with Crippen LogP contribution in [-0.2, 0) is 0 Å². The van der Waals surface area contributed by atoms with Crippen molar-refractivity contribution < 1.29 is 0 Å². The van der Waals surface area contributed by atoms with Crippen molar-refractivity contribution in [3.63, 3.8) is 0 Å². The van der Waals surface area contributed by atoms with Crippen molar-refractivity contribution in [1.82, 2.24) is 0 Å². The molecule has 0 aliphatic rings. The van der Waals surface area contributed by atoms with E-state index in [0.717, 1.165) is 17.1 Å². The van der Waals surface area contributed by atoms with Crippen LogP contribution in [0, 0.1) is 0 Å². The fourth-order valence-corrected chi connectivity index (χ4v) is 8.86. The van der Waals surface area contributed by atoms with Gasteiger partial charge in [-0.25, -0.2) is 0 Å². The van der Waals surface area contributed by atoms with Crippen molar-refractivity contribution in [1.29, 1.82) is 0 Å². The highest BCUT2D eigenvalue weighted by atomic mass is 15.1. The summed E-state index contributed by atoms with van der Waals surface area (Å²) in [7, 11) is 0. The lowest BCUT2D eigenvalue weighted by atomic mass is 9.89. The molecular weight excluding hydrogens is 735 g/mol. The lowest BCUT2D eigenvalue weighted by molar-refractivity contribution is 1.28. The third kappa shape index (κ3) is 7.03. The quantitative estimate of drug-likeness (QED) is 0.149. The van der Waals surface area contributed by atoms with Gasteiger partial charge in [0.25, 0.3) is 0 Å². The van der Waals surface area contributed by atoms with Gasteiger partial charge in [0, 0.05) is 17.1 Å². The molecule has 0 atom stereocenters. The minimum atomic E-state index is 1.09. The fraction of sp³-hybridized carbons (Fsp3) is 0. The van der Waals surface area contributed by atoms with E-state index in [1.807, 2.05) is 0 Å². The highest BCUT2D eigenvalue weighted by Crippen LogP contribution is 2.42. The molecule has 0 aromatic heterocycles. The lowest BCUT2D eigenvalue weighted by Crippen LogP contribution is -2.09. The summed E-state index contributed by atoms with van der Waals surface area (Å²) in [6, 6.07) is 90.4. The molecule has 0 aliphatic heterocycles. The van der Waals surface area contributed by atoms with Gasteiger partial charge in [-0.2, -0.15) is 0 Å². The van der Waals surface area contributed by atoms with Gasteiger partial charge < -0.3 is 4.90 Å². The zero-order valence-corrected chi connectivity index (χ0v) is 33.6. The second kappa shape index (κ2) is 15.6. The standard InChI is InChI=1S/C60H41N/c1-2-12-48(13-3-1)59-39-32-49-14-8-9-17-58(49)60(59)50-30-37-57(38-31-50)61(56-35-28-47(29-36-56)54-25-23-43-11-5-7-16-52(43)41-54)55-33-26-45(27-34-55)44-18-20-46(21-19-44)53-24-22-42-10-4-6-15-51(42)40-53/h1-41H. The summed E-state index contributed by atoms with van der Waals surface area (Å²) in [5.74, 6) is 0. The third-order valence-electron chi connectivity index (χ3n) is 12.1. The van der Waals surface area contributed by atoms with E-state index in [2.05, 4.69) is 254 Å². The molecule has 0 bridgehead atoms. The molecule has 0 unspecified atom stereocenters. The van der Waals surface area contributed by atoms with Crippen molar-refractivity contribution >= 4 is 49.4 Å². The highest BCUT2D eigenvalue weighted by Gasteiger charge is 2.16. The lowest BCUT2D eigenvalue weighted by Gasteiger charge is -2.26. The maximum Gasteiger partial charge on any atom is 0.0462 e. The van der Waals surface area contributed by atoms with Crippen molar-refractivity contribution in [3.8, 4) is 55.6 Å². The van der Waals surface area contributed by atoms with Gasteiger partial charge in [0.15, 0.2) is 0 Å². The number of benzene rings is 11. The van der Waals surface area contributed by atoms with E-state index < -0.39 is 0 Å². The zero-order chi connectivity index (χ0) is 40.5. The molecule has 286 valence electrons. The predicted octanol–water partition coefficient (Wildman–Crippen LogP) is 17.0. The van der Waals surface area contributed by atoms with Crippen molar-refractivity contribution in [2.45, 2.75) is 0 Å². The molecule has 0 fully saturated rings. The van der Waals surface area contributed by atoms with Gasteiger partial charge in [0.1, 0.15) is 0 Å². The summed E-state index contributed by atoms with van der Waals surface area (Å²) >= 11 is 0. The SMILES string of the molecule is c1ccc(-c2ccc3ccccc3c2-c2ccc(N(c3ccc(-c4ccc(-c5ccc6ccccc6c5)cc4)cc3)c3ccc(-c4ccc5ccccc5c4)cc3)cc2)cc1. The molecule has 1 heteroatoms. The number of fused-ring (bicyclic) bond motifs is 3. The second-order valence-corrected chi connectivity index (χ2v) is 15.8. The Morgan fingerprint density at radius 2 is 0.574 bits per heavy atom. The van der Waals surface area contributed by atoms with E-state index >= 15 is 0 Å². The Hall–Kier alpha value is -8.00. The van der Waals surface area contributed by atoms with Crippen LogP contribution in [0.3, 0.4) is 0 Å². The molecule has 0 saturated heterocycles. The van der Waals surface area contributed by atoms with Crippen molar-refractivity contribution in [2.24, 2.45) is 0 Å². The van der Waals surface area contributed by atoms with Gasteiger partial charge in [-0.05, 0) is 136 Å². The number of hydrogen-bond donors (Lipinski definition) is 0. The molecule has 0 spiro atoms. The van der Waals surface area contributed by atoms with E-state index in [1.165, 1.54) is 88.0 Å². The van der Waals surface area contributed by atoms with Crippen LogP contribution in [0.1, 0.15) is 0 Å². The topological polar surface area (TPSA) is 3.24 Å². The summed E-state index contributed by atoms with van der Waals surface area (Å²) in [6.07, 6.45) is 0. The molecule has 11 aromatic carbocycles. The fourth-order valence-electron chi connectivity index (χ4n) is 8.86. The van der Waals surface area contributed by atoms with Crippen molar-refractivity contribution in [3.05, 3.63) is 249 Å². The van der Waals surface area contributed by atoms with Crippen LogP contribution >= 0.6 is 0 Å². The first-order valence-electron chi connectivity index (χ1n) is 21.0. The highest BCUT2D eigenvalue weighted by molar-refractivity contribution is 6.04. The third-order valence-corrected chi connectivity index (χ3v) is 12.1. The minimum absolute atomic E-state index is 1.09. The van der Waals surface area contributed by atoms with E-state index in [4.69, 9.17) is 0 Å². The van der Waals surface area contributed by atoms with E-state index in [0.29, 0.717) is 0 Å². The smallest absolute Gasteiger partial charge is 0.0462 e. The average Bonchev–Trinajstić information content (AvgIpc) is 3.34. The summed E-state index contributed by atoms with van der Waals surface area (Å²) in [6.45, 7) is 0. The summed E-state index contributed by atoms with van der Waals surface area (Å²) in [5.41, 5.74) is 15.4. The van der Waals surface area contributed by atoms with Crippen LogP contribution in [0.2, 0.25) is 0 Å². The van der Waals surface area contributed by atoms with Crippen LogP contribution in [-0.4, -0.2) is 0 Å². The molecule has 0 amide bonds. The number of rotatable bonds is 8. The molecule has 1 nitrogen and oxygen atoms in total. The van der Waals surface area contributed by atoms with Gasteiger partial charge in [0.2, 0.25) is 0 Å². The zero-order valence-electron chi connectivity index (χ0n) is 33.6. The van der Waals surface area contributed by atoms with Crippen LogP contribution in [0.5, 0.6) is 0 Å². The van der Waals surface area contributed by atoms with E-state index in [1.54, 1.807) is 0 Å². The first kappa shape index (κ1) is 36.1. The molecule has 0 radical (unpaired) electrons. The maximum absolute atomic E-state index is 2.36.